The van der Waals surface area contributed by atoms with Crippen molar-refractivity contribution in [1.29, 1.82) is 0 Å². The average Bonchev–Trinajstić information content (AvgIpc) is 3.54. The number of halogens is 1. The lowest BCUT2D eigenvalue weighted by Crippen LogP contribution is -2.56. The minimum Gasteiger partial charge on any atom is -0.465 e. The third-order valence-corrected chi connectivity index (χ3v) is 9.11. The standard InChI is InChI=1S/C31H41ClN2O6/c1-5-8-9-10-20-39-29(38)24-23-27(36)34(18-12-19-35)26(31(23)16-15-30(24,7-3)40-31)28(37)33(17-6-2)25-21(4)13-11-14-22(25)32/h5-6,11,13-14,23-24,26,35H,1-2,7-10,12,15-20H2,3-4H3/t23-,24+,26?,30-,31?/m0/s1. The molecule has 1 N–H and O–H groups in total. The van der Waals surface area contributed by atoms with Gasteiger partial charge in [0.1, 0.15) is 17.6 Å². The van der Waals surface area contributed by atoms with Gasteiger partial charge in [0.2, 0.25) is 5.91 Å². The highest BCUT2D eigenvalue weighted by atomic mass is 35.5. The van der Waals surface area contributed by atoms with Crippen LogP contribution in [0, 0.1) is 18.8 Å². The number of hydrogen-bond acceptors (Lipinski definition) is 6. The molecule has 1 aromatic carbocycles. The predicted octanol–water partition coefficient (Wildman–Crippen LogP) is 4.60. The maximum absolute atomic E-state index is 14.6. The van der Waals surface area contributed by atoms with E-state index in [0.717, 1.165) is 18.4 Å². The number of esters is 1. The molecule has 9 heteroatoms. The fourth-order valence-corrected chi connectivity index (χ4v) is 7.35. The van der Waals surface area contributed by atoms with Crippen LogP contribution in [0.5, 0.6) is 0 Å². The van der Waals surface area contributed by atoms with Crippen molar-refractivity contribution in [2.24, 2.45) is 11.8 Å². The molecule has 0 radical (unpaired) electrons. The number of carbonyl (C=O) groups is 3. The van der Waals surface area contributed by atoms with Crippen LogP contribution in [0.3, 0.4) is 0 Å². The third kappa shape index (κ3) is 4.99. The van der Waals surface area contributed by atoms with Gasteiger partial charge in [-0.15, -0.1) is 13.2 Å². The summed E-state index contributed by atoms with van der Waals surface area (Å²) in [5.74, 6) is -2.73. The van der Waals surface area contributed by atoms with E-state index in [1.54, 1.807) is 17.0 Å². The van der Waals surface area contributed by atoms with Crippen molar-refractivity contribution >= 4 is 35.1 Å². The van der Waals surface area contributed by atoms with Gasteiger partial charge in [-0.3, -0.25) is 14.4 Å². The number of aliphatic hydroxyl groups is 1. The molecule has 0 aliphatic carbocycles. The molecule has 4 rings (SSSR count). The Hall–Kier alpha value is -2.68. The van der Waals surface area contributed by atoms with Gasteiger partial charge < -0.3 is 24.4 Å². The van der Waals surface area contributed by atoms with E-state index in [1.807, 2.05) is 32.1 Å². The molecule has 2 amide bonds. The lowest BCUT2D eigenvalue weighted by atomic mass is 9.65. The molecule has 3 saturated heterocycles. The van der Waals surface area contributed by atoms with Crippen molar-refractivity contribution in [1.82, 2.24) is 4.90 Å². The molecular formula is C31H41ClN2O6. The summed E-state index contributed by atoms with van der Waals surface area (Å²) in [6.07, 6.45) is 7.68. The van der Waals surface area contributed by atoms with Crippen LogP contribution in [0.2, 0.25) is 5.02 Å². The number of rotatable bonds is 14. The highest BCUT2D eigenvalue weighted by Crippen LogP contribution is 2.64. The normalized spacial score (nSPS) is 28.4. The zero-order valence-electron chi connectivity index (χ0n) is 23.6. The molecule has 1 spiro atoms. The summed E-state index contributed by atoms with van der Waals surface area (Å²) in [5, 5.41) is 10.0. The van der Waals surface area contributed by atoms with Crippen LogP contribution in [0.15, 0.2) is 43.5 Å². The van der Waals surface area contributed by atoms with E-state index in [0.29, 0.717) is 42.8 Å². The first kappa shape index (κ1) is 30.3. The first-order valence-corrected chi connectivity index (χ1v) is 14.7. The van der Waals surface area contributed by atoms with Gasteiger partial charge in [0.25, 0.3) is 5.91 Å². The summed E-state index contributed by atoms with van der Waals surface area (Å²) in [4.78, 5) is 45.4. The van der Waals surface area contributed by atoms with E-state index in [-0.39, 0.29) is 38.1 Å². The molecule has 3 aliphatic heterocycles. The molecule has 3 fully saturated rings. The Morgan fingerprint density at radius 2 is 2.02 bits per heavy atom. The summed E-state index contributed by atoms with van der Waals surface area (Å²) in [7, 11) is 0. The number of hydrogen-bond donors (Lipinski definition) is 1. The zero-order chi connectivity index (χ0) is 29.1. The van der Waals surface area contributed by atoms with E-state index < -0.39 is 35.0 Å². The first-order chi connectivity index (χ1) is 19.2. The summed E-state index contributed by atoms with van der Waals surface area (Å²) in [6.45, 7) is 11.9. The Morgan fingerprint density at radius 3 is 2.67 bits per heavy atom. The topological polar surface area (TPSA) is 96.4 Å². The summed E-state index contributed by atoms with van der Waals surface area (Å²) in [5.41, 5.74) is -0.691. The molecular weight excluding hydrogens is 532 g/mol. The Balaban J connectivity index is 1.74. The third-order valence-electron chi connectivity index (χ3n) is 8.81. The molecule has 2 bridgehead atoms. The van der Waals surface area contributed by atoms with Crippen molar-refractivity contribution in [3.8, 4) is 0 Å². The monoisotopic (exact) mass is 572 g/mol. The lowest BCUT2D eigenvalue weighted by molar-refractivity contribution is -0.161. The number of allylic oxidation sites excluding steroid dienone is 1. The van der Waals surface area contributed by atoms with E-state index >= 15 is 0 Å². The van der Waals surface area contributed by atoms with Gasteiger partial charge in [-0.25, -0.2) is 0 Å². The smallest absolute Gasteiger partial charge is 0.312 e. The zero-order valence-corrected chi connectivity index (χ0v) is 24.3. The van der Waals surface area contributed by atoms with Crippen LogP contribution < -0.4 is 4.90 Å². The molecule has 8 nitrogen and oxygen atoms in total. The van der Waals surface area contributed by atoms with E-state index in [4.69, 9.17) is 21.1 Å². The number of anilines is 1. The Kier molecular flexibility index (Phi) is 9.43. The second-order valence-electron chi connectivity index (χ2n) is 11.0. The minimum absolute atomic E-state index is 0.141. The van der Waals surface area contributed by atoms with Gasteiger partial charge in [0, 0.05) is 19.7 Å². The second-order valence-corrected chi connectivity index (χ2v) is 11.4. The van der Waals surface area contributed by atoms with Gasteiger partial charge in [-0.05, 0) is 63.5 Å². The SMILES string of the molecule is C=CCCCCOC(=O)[C@H]1[C@H]2C(=O)N(CCCO)C(C(=O)N(CC=C)c3c(C)cccc3Cl)C23CC[C@]1(CC)O3. The molecule has 3 aliphatic rings. The quantitative estimate of drug-likeness (QED) is 0.199. The van der Waals surface area contributed by atoms with Gasteiger partial charge in [0.05, 0.1) is 28.8 Å². The number of ether oxygens (including phenoxy) is 2. The van der Waals surface area contributed by atoms with Crippen LogP contribution in [-0.2, 0) is 23.9 Å². The van der Waals surface area contributed by atoms with Crippen LogP contribution in [0.1, 0.15) is 57.4 Å². The summed E-state index contributed by atoms with van der Waals surface area (Å²) < 4.78 is 12.5. The number of fused-ring (bicyclic) bond motifs is 1. The van der Waals surface area contributed by atoms with E-state index in [9.17, 15) is 19.5 Å². The van der Waals surface area contributed by atoms with Crippen molar-refractivity contribution in [3.63, 3.8) is 0 Å². The predicted molar refractivity (Wildman–Crippen MR) is 154 cm³/mol. The second kappa shape index (κ2) is 12.5. The number of carbonyl (C=O) groups excluding carboxylic acids is 3. The highest BCUT2D eigenvalue weighted by Gasteiger charge is 2.79. The average molecular weight is 573 g/mol. The van der Waals surface area contributed by atoms with Crippen LogP contribution >= 0.6 is 11.6 Å². The van der Waals surface area contributed by atoms with Crippen molar-refractivity contribution in [2.45, 2.75) is 76.0 Å². The van der Waals surface area contributed by atoms with Crippen molar-refractivity contribution < 1.29 is 29.0 Å². The number of para-hydroxylation sites is 1. The van der Waals surface area contributed by atoms with Crippen LogP contribution in [0.4, 0.5) is 5.69 Å². The minimum atomic E-state index is -1.18. The molecule has 40 heavy (non-hydrogen) atoms. The number of aliphatic hydroxyl groups excluding tert-OH is 1. The molecule has 2 unspecified atom stereocenters. The number of likely N-dealkylation sites (tertiary alicyclic amines) is 1. The van der Waals surface area contributed by atoms with Crippen LogP contribution in [-0.4, -0.2) is 71.3 Å². The maximum atomic E-state index is 14.6. The Labute approximate surface area is 241 Å². The largest absolute Gasteiger partial charge is 0.465 e. The fourth-order valence-electron chi connectivity index (χ4n) is 7.02. The molecule has 3 heterocycles. The Morgan fingerprint density at radius 1 is 1.25 bits per heavy atom. The van der Waals surface area contributed by atoms with Gasteiger partial charge in [0.15, 0.2) is 0 Å². The molecule has 218 valence electrons. The van der Waals surface area contributed by atoms with E-state index in [2.05, 4.69) is 13.2 Å². The highest BCUT2D eigenvalue weighted by molar-refractivity contribution is 6.34. The molecule has 5 atom stereocenters. The van der Waals surface area contributed by atoms with Gasteiger partial charge >= 0.3 is 5.97 Å². The number of benzene rings is 1. The van der Waals surface area contributed by atoms with Crippen molar-refractivity contribution in [3.05, 3.63) is 54.1 Å². The van der Waals surface area contributed by atoms with Crippen LogP contribution in [0.25, 0.3) is 0 Å². The molecule has 1 aromatic rings. The number of nitrogens with zero attached hydrogens (tertiary/aromatic N) is 2. The van der Waals surface area contributed by atoms with Crippen molar-refractivity contribution in [2.75, 3.05) is 31.2 Å². The fraction of sp³-hybridized carbons (Fsp3) is 0.581. The van der Waals surface area contributed by atoms with Gasteiger partial charge in [-0.1, -0.05) is 42.8 Å². The van der Waals surface area contributed by atoms with E-state index in [1.165, 1.54) is 4.90 Å². The number of aryl methyl sites for hydroxylation is 1. The molecule has 0 aromatic heterocycles. The Bertz CT molecular complexity index is 1140. The summed E-state index contributed by atoms with van der Waals surface area (Å²) in [6, 6.07) is 4.44. The summed E-state index contributed by atoms with van der Waals surface area (Å²) >= 11 is 6.60. The maximum Gasteiger partial charge on any atom is 0.312 e. The first-order valence-electron chi connectivity index (χ1n) is 14.3. The molecule has 0 saturated carbocycles. The van der Waals surface area contributed by atoms with Gasteiger partial charge in [-0.2, -0.15) is 0 Å². The number of amides is 2. The lowest BCUT2D eigenvalue weighted by Gasteiger charge is -2.37. The number of unbranched alkanes of at least 4 members (excludes halogenated alkanes) is 2.